The Hall–Kier alpha value is -1.85. The third-order valence-electron chi connectivity index (χ3n) is 10.3. The fourth-order valence-corrected chi connectivity index (χ4v) is 6.74. The number of carbonyl (C=O) groups excluding carboxylic acids is 3. The SMILES string of the molecule is CCCCCC/C=C\CCCC(=O)OC(COC(=O)CCCCCCCCCCC)COC(=O)CCCCCCCCCCCCCCCCCCC. The molecular formula is C47H88O6. The van der Waals surface area contributed by atoms with Gasteiger partial charge in [0.25, 0.3) is 0 Å². The molecule has 1 unspecified atom stereocenters. The number of unbranched alkanes of at least 4 members (excludes halogenated alkanes) is 29. The van der Waals surface area contributed by atoms with Crippen molar-refractivity contribution in [2.45, 2.75) is 258 Å². The van der Waals surface area contributed by atoms with Gasteiger partial charge in [-0.25, -0.2) is 0 Å². The van der Waals surface area contributed by atoms with Gasteiger partial charge >= 0.3 is 17.9 Å². The van der Waals surface area contributed by atoms with Crippen molar-refractivity contribution < 1.29 is 28.6 Å². The van der Waals surface area contributed by atoms with Crippen LogP contribution in [0.1, 0.15) is 252 Å². The lowest BCUT2D eigenvalue weighted by Crippen LogP contribution is -2.30. The molecule has 0 N–H and O–H groups in total. The molecule has 6 heteroatoms. The predicted molar refractivity (Wildman–Crippen MR) is 224 cm³/mol. The van der Waals surface area contributed by atoms with Gasteiger partial charge in [-0.15, -0.1) is 0 Å². The van der Waals surface area contributed by atoms with E-state index >= 15 is 0 Å². The van der Waals surface area contributed by atoms with Crippen LogP contribution in [-0.2, 0) is 28.6 Å². The second kappa shape index (κ2) is 42.9. The van der Waals surface area contributed by atoms with E-state index in [-0.39, 0.29) is 37.5 Å². The maximum Gasteiger partial charge on any atom is 0.306 e. The number of rotatable bonds is 42. The fraction of sp³-hybridized carbons (Fsp3) is 0.894. The first-order valence-corrected chi connectivity index (χ1v) is 23.2. The highest BCUT2D eigenvalue weighted by molar-refractivity contribution is 5.71. The van der Waals surface area contributed by atoms with E-state index in [0.29, 0.717) is 19.3 Å². The average Bonchev–Trinajstić information content (AvgIpc) is 3.15. The summed E-state index contributed by atoms with van der Waals surface area (Å²) in [7, 11) is 0. The summed E-state index contributed by atoms with van der Waals surface area (Å²) in [6.45, 7) is 6.57. The van der Waals surface area contributed by atoms with E-state index in [4.69, 9.17) is 14.2 Å². The van der Waals surface area contributed by atoms with Crippen LogP contribution in [0.15, 0.2) is 12.2 Å². The highest BCUT2D eigenvalue weighted by atomic mass is 16.6. The number of allylic oxidation sites excluding steroid dienone is 2. The number of carbonyl (C=O) groups is 3. The van der Waals surface area contributed by atoms with Gasteiger partial charge in [-0.3, -0.25) is 14.4 Å². The number of esters is 3. The Bertz CT molecular complexity index is 824. The lowest BCUT2D eigenvalue weighted by Gasteiger charge is -2.18. The Morgan fingerprint density at radius 3 is 1.00 bits per heavy atom. The molecule has 0 fully saturated rings. The summed E-state index contributed by atoms with van der Waals surface area (Å²) >= 11 is 0. The molecule has 0 amide bonds. The van der Waals surface area contributed by atoms with Gasteiger partial charge in [-0.05, 0) is 38.5 Å². The van der Waals surface area contributed by atoms with Crippen LogP contribution < -0.4 is 0 Å². The smallest absolute Gasteiger partial charge is 0.306 e. The van der Waals surface area contributed by atoms with Gasteiger partial charge in [-0.2, -0.15) is 0 Å². The molecule has 1 atom stereocenters. The van der Waals surface area contributed by atoms with E-state index in [1.807, 2.05) is 0 Å². The summed E-state index contributed by atoms with van der Waals surface area (Å²) in [5.41, 5.74) is 0. The van der Waals surface area contributed by atoms with Crippen molar-refractivity contribution in [3.05, 3.63) is 12.2 Å². The van der Waals surface area contributed by atoms with Crippen LogP contribution in [0.4, 0.5) is 0 Å². The Morgan fingerprint density at radius 1 is 0.358 bits per heavy atom. The topological polar surface area (TPSA) is 78.9 Å². The summed E-state index contributed by atoms with van der Waals surface area (Å²) in [6, 6.07) is 0. The van der Waals surface area contributed by atoms with Crippen LogP contribution in [0.5, 0.6) is 0 Å². The fourth-order valence-electron chi connectivity index (χ4n) is 6.74. The molecule has 0 saturated carbocycles. The molecule has 312 valence electrons. The first-order valence-electron chi connectivity index (χ1n) is 23.2. The van der Waals surface area contributed by atoms with Crippen molar-refractivity contribution in [3.8, 4) is 0 Å². The third-order valence-corrected chi connectivity index (χ3v) is 10.3. The van der Waals surface area contributed by atoms with Crippen LogP contribution in [0.3, 0.4) is 0 Å². The van der Waals surface area contributed by atoms with E-state index in [9.17, 15) is 14.4 Å². The molecule has 6 nitrogen and oxygen atoms in total. The van der Waals surface area contributed by atoms with Crippen molar-refractivity contribution >= 4 is 17.9 Å². The van der Waals surface area contributed by atoms with E-state index in [1.165, 1.54) is 154 Å². The van der Waals surface area contributed by atoms with Crippen molar-refractivity contribution in [3.63, 3.8) is 0 Å². The molecule has 0 saturated heterocycles. The molecule has 0 spiro atoms. The van der Waals surface area contributed by atoms with Crippen LogP contribution in [-0.4, -0.2) is 37.2 Å². The largest absolute Gasteiger partial charge is 0.462 e. The molecule has 0 radical (unpaired) electrons. The Balaban J connectivity index is 4.24. The van der Waals surface area contributed by atoms with Crippen LogP contribution >= 0.6 is 0 Å². The Kier molecular flexibility index (Phi) is 41.4. The molecule has 0 aliphatic heterocycles. The zero-order valence-corrected chi connectivity index (χ0v) is 35.6. The minimum Gasteiger partial charge on any atom is -0.462 e. The van der Waals surface area contributed by atoms with E-state index in [1.54, 1.807) is 0 Å². The van der Waals surface area contributed by atoms with Crippen molar-refractivity contribution in [1.82, 2.24) is 0 Å². The highest BCUT2D eigenvalue weighted by Crippen LogP contribution is 2.15. The summed E-state index contributed by atoms with van der Waals surface area (Å²) in [6.07, 6.45) is 45.0. The highest BCUT2D eigenvalue weighted by Gasteiger charge is 2.19. The van der Waals surface area contributed by atoms with Crippen molar-refractivity contribution in [2.75, 3.05) is 13.2 Å². The molecule has 0 rings (SSSR count). The molecule has 0 heterocycles. The average molecular weight is 749 g/mol. The molecule has 0 aliphatic rings. The summed E-state index contributed by atoms with van der Waals surface area (Å²) < 4.78 is 16.6. The standard InChI is InChI=1S/C47H88O6/c1-4-7-10-13-16-19-20-21-22-23-24-25-26-29-31-34-37-40-46(49)52-43-44(53-47(50)41-38-35-32-28-18-15-12-9-6-3)42-51-45(48)39-36-33-30-27-17-14-11-8-5-2/h28,32,44H,4-27,29-31,33-43H2,1-3H3/b32-28-. The minimum absolute atomic E-state index is 0.0769. The number of hydrogen-bond acceptors (Lipinski definition) is 6. The Morgan fingerprint density at radius 2 is 0.642 bits per heavy atom. The van der Waals surface area contributed by atoms with Crippen molar-refractivity contribution in [2.24, 2.45) is 0 Å². The van der Waals surface area contributed by atoms with Gasteiger partial charge in [0, 0.05) is 19.3 Å². The quantitative estimate of drug-likeness (QED) is 0.0268. The monoisotopic (exact) mass is 749 g/mol. The van der Waals surface area contributed by atoms with E-state index in [2.05, 4.69) is 32.9 Å². The van der Waals surface area contributed by atoms with Crippen molar-refractivity contribution in [1.29, 1.82) is 0 Å². The normalized spacial score (nSPS) is 12.0. The zero-order valence-electron chi connectivity index (χ0n) is 35.6. The van der Waals surface area contributed by atoms with Gasteiger partial charge in [0.2, 0.25) is 0 Å². The molecule has 0 bridgehead atoms. The van der Waals surface area contributed by atoms with Crippen LogP contribution in [0.2, 0.25) is 0 Å². The van der Waals surface area contributed by atoms with Gasteiger partial charge in [0.05, 0.1) is 0 Å². The van der Waals surface area contributed by atoms with Crippen LogP contribution in [0, 0.1) is 0 Å². The zero-order chi connectivity index (χ0) is 38.7. The second-order valence-corrected chi connectivity index (χ2v) is 15.7. The summed E-state index contributed by atoms with van der Waals surface area (Å²) in [4.78, 5) is 37.6. The molecule has 53 heavy (non-hydrogen) atoms. The molecule has 0 aromatic heterocycles. The molecule has 0 aliphatic carbocycles. The first-order chi connectivity index (χ1) is 26.0. The predicted octanol–water partition coefficient (Wildman–Crippen LogP) is 14.6. The summed E-state index contributed by atoms with van der Waals surface area (Å²) in [5.74, 6) is -0.907. The second-order valence-electron chi connectivity index (χ2n) is 15.7. The first kappa shape index (κ1) is 51.1. The summed E-state index contributed by atoms with van der Waals surface area (Å²) in [5, 5.41) is 0. The molecular weight excluding hydrogens is 661 g/mol. The van der Waals surface area contributed by atoms with Gasteiger partial charge in [-0.1, -0.05) is 206 Å². The maximum atomic E-state index is 12.6. The lowest BCUT2D eigenvalue weighted by atomic mass is 10.0. The number of ether oxygens (including phenoxy) is 3. The number of hydrogen-bond donors (Lipinski definition) is 0. The van der Waals surface area contributed by atoms with Gasteiger partial charge in [0.15, 0.2) is 6.10 Å². The van der Waals surface area contributed by atoms with Gasteiger partial charge in [0.1, 0.15) is 13.2 Å². The Labute approximate surface area is 329 Å². The molecule has 0 aromatic rings. The minimum atomic E-state index is -0.775. The van der Waals surface area contributed by atoms with E-state index < -0.39 is 6.10 Å². The third kappa shape index (κ3) is 41.2. The van der Waals surface area contributed by atoms with Gasteiger partial charge < -0.3 is 14.2 Å². The molecule has 0 aromatic carbocycles. The lowest BCUT2D eigenvalue weighted by molar-refractivity contribution is -0.167. The van der Waals surface area contributed by atoms with E-state index in [0.717, 1.165) is 51.4 Å². The van der Waals surface area contributed by atoms with Crippen LogP contribution in [0.25, 0.3) is 0 Å². The maximum absolute atomic E-state index is 12.6.